The van der Waals surface area contributed by atoms with E-state index in [1.165, 1.54) is 7.11 Å². The number of alkyl carbamates (subject to hydrolysis) is 1. The second kappa shape index (κ2) is 13.4. The predicted octanol–water partition coefficient (Wildman–Crippen LogP) is 5.76. The maximum Gasteiger partial charge on any atom is 0.407 e. The number of Topliss-reactive ketones (excluding diaryl/α,β-unsaturated/α-hetero) is 1. The van der Waals surface area contributed by atoms with E-state index in [4.69, 9.17) is 16.3 Å². The highest BCUT2D eigenvalue weighted by Crippen LogP contribution is 2.28. The van der Waals surface area contributed by atoms with Crippen molar-refractivity contribution in [2.75, 3.05) is 13.7 Å². The fourth-order valence-corrected chi connectivity index (χ4v) is 4.56. The first-order valence-corrected chi connectivity index (χ1v) is 13.1. The van der Waals surface area contributed by atoms with Crippen LogP contribution in [0.25, 0.3) is 11.3 Å². The number of imidazole rings is 1. The molecule has 204 valence electrons. The van der Waals surface area contributed by atoms with Gasteiger partial charge in [0, 0.05) is 37.4 Å². The first kappa shape index (κ1) is 29.2. The highest BCUT2D eigenvalue weighted by Gasteiger charge is 2.19. The average Bonchev–Trinajstić information content (AvgIpc) is 3.27. The molecule has 0 aliphatic heterocycles. The van der Waals surface area contributed by atoms with E-state index >= 15 is 0 Å². The zero-order valence-electron chi connectivity index (χ0n) is 22.5. The Kier molecular flexibility index (Phi) is 10.3. The molecule has 0 aliphatic rings. The van der Waals surface area contributed by atoms with Crippen molar-refractivity contribution in [2.45, 2.75) is 52.2 Å². The van der Waals surface area contributed by atoms with Gasteiger partial charge in [-0.2, -0.15) is 0 Å². The van der Waals surface area contributed by atoms with E-state index in [1.54, 1.807) is 18.2 Å². The molecule has 0 fully saturated rings. The van der Waals surface area contributed by atoms with Gasteiger partial charge in [-0.15, -0.1) is 0 Å². The molecule has 0 spiro atoms. The minimum absolute atomic E-state index is 0.00641. The molecule has 9 heteroatoms. The van der Waals surface area contributed by atoms with Gasteiger partial charge >= 0.3 is 6.09 Å². The SMILES string of the molecule is COC(=O)NC(C)c1nc(-c2ccc(C[C@@H](CCO)CC(=O)c3ccc(OC(C)C)c(Cl)c3)cc2)cn1C. The number of halogens is 1. The number of nitrogens with one attached hydrogen (secondary N) is 1. The van der Waals surface area contributed by atoms with Crippen LogP contribution in [0.2, 0.25) is 5.02 Å². The van der Waals surface area contributed by atoms with E-state index < -0.39 is 6.09 Å². The first-order chi connectivity index (χ1) is 18.1. The molecular formula is C29H36ClN3O5. The maximum atomic E-state index is 13.0. The summed E-state index contributed by atoms with van der Waals surface area (Å²) < 4.78 is 12.2. The van der Waals surface area contributed by atoms with Crippen LogP contribution in [0.5, 0.6) is 5.75 Å². The number of aromatic nitrogens is 2. The summed E-state index contributed by atoms with van der Waals surface area (Å²) in [4.78, 5) is 29.2. The zero-order valence-corrected chi connectivity index (χ0v) is 23.3. The molecule has 0 bridgehead atoms. The van der Waals surface area contributed by atoms with Gasteiger partial charge in [0.15, 0.2) is 5.78 Å². The number of aryl methyl sites for hydroxylation is 1. The molecule has 3 rings (SSSR count). The molecule has 8 nitrogen and oxygen atoms in total. The van der Waals surface area contributed by atoms with E-state index in [1.807, 2.05) is 62.8 Å². The van der Waals surface area contributed by atoms with Crippen molar-refractivity contribution in [2.24, 2.45) is 13.0 Å². The number of amides is 1. The summed E-state index contributed by atoms with van der Waals surface area (Å²) in [6.45, 7) is 5.68. The van der Waals surface area contributed by atoms with Crippen LogP contribution >= 0.6 is 11.6 Å². The molecule has 38 heavy (non-hydrogen) atoms. The first-order valence-electron chi connectivity index (χ1n) is 12.7. The van der Waals surface area contributed by atoms with Gasteiger partial charge in [-0.25, -0.2) is 9.78 Å². The number of aliphatic hydroxyl groups excluding tert-OH is 1. The summed E-state index contributed by atoms with van der Waals surface area (Å²) in [6.07, 6.45) is 2.86. The molecule has 2 N–H and O–H groups in total. The lowest BCUT2D eigenvalue weighted by Gasteiger charge is -2.16. The Balaban J connectivity index is 1.67. The second-order valence-electron chi connectivity index (χ2n) is 9.67. The lowest BCUT2D eigenvalue weighted by Crippen LogP contribution is -2.28. The number of benzene rings is 2. The fourth-order valence-electron chi connectivity index (χ4n) is 4.33. The fraction of sp³-hybridized carbons (Fsp3) is 0.414. The monoisotopic (exact) mass is 541 g/mol. The van der Waals surface area contributed by atoms with Crippen LogP contribution in [0, 0.1) is 5.92 Å². The molecule has 0 aliphatic carbocycles. The highest BCUT2D eigenvalue weighted by atomic mass is 35.5. The Morgan fingerprint density at radius 2 is 1.84 bits per heavy atom. The molecular weight excluding hydrogens is 506 g/mol. The second-order valence-corrected chi connectivity index (χ2v) is 10.1. The topological polar surface area (TPSA) is 103 Å². The number of methoxy groups -OCH3 is 1. The van der Waals surface area contributed by atoms with Gasteiger partial charge in [-0.05, 0) is 63.3 Å². The van der Waals surface area contributed by atoms with E-state index in [-0.39, 0.29) is 30.5 Å². The van der Waals surface area contributed by atoms with E-state index in [2.05, 4.69) is 15.0 Å². The maximum absolute atomic E-state index is 13.0. The molecule has 1 aromatic heterocycles. The van der Waals surface area contributed by atoms with Crippen molar-refractivity contribution in [3.05, 3.63) is 70.6 Å². The van der Waals surface area contributed by atoms with Crippen molar-refractivity contribution in [1.82, 2.24) is 14.9 Å². The number of aliphatic hydroxyl groups is 1. The van der Waals surface area contributed by atoms with Crippen LogP contribution in [0.1, 0.15) is 61.4 Å². The van der Waals surface area contributed by atoms with Crippen molar-refractivity contribution in [1.29, 1.82) is 0 Å². The number of hydrogen-bond donors (Lipinski definition) is 2. The number of ether oxygens (including phenoxy) is 2. The van der Waals surface area contributed by atoms with Crippen LogP contribution in [0.15, 0.2) is 48.7 Å². The van der Waals surface area contributed by atoms with Crippen LogP contribution in [0.3, 0.4) is 0 Å². The average molecular weight is 542 g/mol. The Bertz CT molecular complexity index is 1240. The smallest absolute Gasteiger partial charge is 0.407 e. The van der Waals surface area contributed by atoms with Crippen molar-refractivity contribution in [3.63, 3.8) is 0 Å². The molecule has 0 saturated heterocycles. The van der Waals surface area contributed by atoms with Gasteiger partial charge in [0.2, 0.25) is 0 Å². The van der Waals surface area contributed by atoms with Crippen LogP contribution in [-0.4, -0.2) is 46.4 Å². The third-order valence-corrected chi connectivity index (χ3v) is 6.52. The normalized spacial score (nSPS) is 12.7. The Morgan fingerprint density at radius 1 is 1.13 bits per heavy atom. The lowest BCUT2D eigenvalue weighted by atomic mass is 9.89. The van der Waals surface area contributed by atoms with Gasteiger partial charge in [0.05, 0.1) is 30.0 Å². The standard InChI is InChI=1S/C29H36ClN3O5/c1-18(2)38-27-11-10-23(16-24(27)30)26(35)15-21(12-13-34)14-20-6-8-22(9-7-20)25-17-33(4)28(32-25)19(3)31-29(36)37-5/h6-11,16-19,21,34H,12-15H2,1-5H3,(H,31,36)/t19?,21-/m1/s1. The van der Waals surface area contributed by atoms with Crippen LogP contribution in [0.4, 0.5) is 4.79 Å². The van der Waals surface area contributed by atoms with E-state index in [0.29, 0.717) is 41.4 Å². The molecule has 1 amide bonds. The largest absolute Gasteiger partial charge is 0.489 e. The van der Waals surface area contributed by atoms with Crippen molar-refractivity contribution in [3.8, 4) is 17.0 Å². The van der Waals surface area contributed by atoms with Crippen LogP contribution in [-0.2, 0) is 18.2 Å². The number of nitrogens with zero attached hydrogens (tertiary/aromatic N) is 2. The third-order valence-electron chi connectivity index (χ3n) is 6.22. The Labute approximate surface area is 228 Å². The van der Waals surface area contributed by atoms with Gasteiger partial charge in [0.1, 0.15) is 11.6 Å². The summed E-state index contributed by atoms with van der Waals surface area (Å²) in [5.41, 5.74) is 3.33. The van der Waals surface area contributed by atoms with E-state index in [9.17, 15) is 14.7 Å². The van der Waals surface area contributed by atoms with Crippen LogP contribution < -0.4 is 10.1 Å². The third kappa shape index (κ3) is 7.82. The molecule has 2 aromatic carbocycles. The molecule has 3 aromatic rings. The minimum atomic E-state index is -0.512. The van der Waals surface area contributed by atoms with Gasteiger partial charge in [-0.1, -0.05) is 35.9 Å². The number of carbonyl (C=O) groups excluding carboxylic acids is 2. The summed E-state index contributed by atoms with van der Waals surface area (Å²) in [5.74, 6) is 1.23. The van der Waals surface area contributed by atoms with Gasteiger partial charge < -0.3 is 24.5 Å². The van der Waals surface area contributed by atoms with Gasteiger partial charge in [-0.3, -0.25) is 4.79 Å². The number of ketones is 1. The number of carbonyl (C=O) groups is 2. The number of hydrogen-bond acceptors (Lipinski definition) is 6. The molecule has 1 unspecified atom stereocenters. The zero-order chi connectivity index (χ0) is 27.8. The van der Waals surface area contributed by atoms with Crippen molar-refractivity contribution < 1.29 is 24.2 Å². The van der Waals surface area contributed by atoms with Crippen molar-refractivity contribution >= 4 is 23.5 Å². The summed E-state index contributed by atoms with van der Waals surface area (Å²) in [7, 11) is 3.20. The highest BCUT2D eigenvalue weighted by molar-refractivity contribution is 6.32. The minimum Gasteiger partial charge on any atom is -0.489 e. The van der Waals surface area contributed by atoms with E-state index in [0.717, 1.165) is 16.8 Å². The summed E-state index contributed by atoms with van der Waals surface area (Å²) >= 11 is 6.32. The molecule has 1 heterocycles. The number of rotatable bonds is 12. The summed E-state index contributed by atoms with van der Waals surface area (Å²) in [5, 5.41) is 12.7. The Morgan fingerprint density at radius 3 is 2.45 bits per heavy atom. The quantitative estimate of drug-likeness (QED) is 0.283. The van der Waals surface area contributed by atoms with Gasteiger partial charge in [0.25, 0.3) is 0 Å². The lowest BCUT2D eigenvalue weighted by molar-refractivity contribution is 0.0953. The molecule has 2 atom stereocenters. The Hall–Kier alpha value is -3.36. The predicted molar refractivity (Wildman–Crippen MR) is 148 cm³/mol. The molecule has 0 radical (unpaired) electrons. The molecule has 0 saturated carbocycles. The summed E-state index contributed by atoms with van der Waals surface area (Å²) in [6, 6.07) is 12.8.